The predicted octanol–water partition coefficient (Wildman–Crippen LogP) is 11.1. The Morgan fingerprint density at radius 2 is 1.02 bits per heavy atom. The van der Waals surface area contributed by atoms with Gasteiger partial charge in [0, 0.05) is 48.4 Å². The van der Waals surface area contributed by atoms with Crippen LogP contribution in [-0.4, -0.2) is 16.7 Å². The molecule has 9 rings (SSSR count). The molecule has 3 aliphatic heterocycles. The van der Waals surface area contributed by atoms with E-state index in [4.69, 9.17) is 19.2 Å². The maximum atomic E-state index is 6.83. The second kappa shape index (κ2) is 14.3. The van der Waals surface area contributed by atoms with E-state index in [-0.39, 0.29) is 48.5 Å². The molecule has 3 aliphatic rings. The molecule has 0 amide bonds. The number of nitrogens with zero attached hydrogens (tertiary/aromatic N) is 2. The minimum atomic E-state index is -0.0787. The van der Waals surface area contributed by atoms with Gasteiger partial charge in [-0.25, -0.2) is 0 Å². The van der Waals surface area contributed by atoms with Gasteiger partial charge < -0.3 is 19.2 Å². The van der Waals surface area contributed by atoms with E-state index in [0.29, 0.717) is 0 Å². The van der Waals surface area contributed by atoms with Gasteiger partial charge in [0.25, 0.3) is 6.71 Å². The van der Waals surface area contributed by atoms with Crippen molar-refractivity contribution in [3.05, 3.63) is 126 Å². The molecule has 293 valence electrons. The molecule has 0 fully saturated rings. The summed E-state index contributed by atoms with van der Waals surface area (Å²) < 4.78 is 20.1. The first-order valence-electron chi connectivity index (χ1n) is 19.7. The largest absolute Gasteiger partial charge is 0.466 e. The predicted molar refractivity (Wildman–Crippen MR) is 230 cm³/mol. The molecule has 5 nitrogen and oxygen atoms in total. The minimum Gasteiger partial charge on any atom is -0.466 e. The number of pyridine rings is 2. The molecule has 0 saturated carbocycles. The zero-order valence-corrected chi connectivity index (χ0v) is 37.6. The molecule has 0 bridgehead atoms. The van der Waals surface area contributed by atoms with Crippen molar-refractivity contribution in [1.82, 2.24) is 9.97 Å². The summed E-state index contributed by atoms with van der Waals surface area (Å²) in [4.78, 5) is 9.42. The van der Waals surface area contributed by atoms with Crippen LogP contribution < -0.4 is 30.6 Å². The van der Waals surface area contributed by atoms with E-state index in [1.807, 2.05) is 42.7 Å². The Morgan fingerprint density at radius 3 is 1.53 bits per heavy atom. The molecule has 0 saturated heterocycles. The Morgan fingerprint density at radius 1 is 0.474 bits per heavy atom. The van der Waals surface area contributed by atoms with E-state index in [2.05, 4.69) is 149 Å². The molecule has 57 heavy (non-hydrogen) atoms. The third-order valence-electron chi connectivity index (χ3n) is 11.0. The second-order valence-electron chi connectivity index (χ2n) is 19.4. The number of rotatable bonds is 2. The molecule has 1 radical (unpaired) electrons. The van der Waals surface area contributed by atoms with E-state index in [0.717, 1.165) is 73.4 Å². The Hall–Kier alpha value is -4.71. The van der Waals surface area contributed by atoms with Gasteiger partial charge in [-0.3, -0.25) is 4.98 Å². The van der Waals surface area contributed by atoms with Crippen molar-refractivity contribution in [2.75, 3.05) is 0 Å². The molecule has 6 aromatic rings. The van der Waals surface area contributed by atoms with Crippen LogP contribution in [0.2, 0.25) is 0 Å². The normalized spacial score (nSPS) is 13.5. The Balaban J connectivity index is 0.000000246. The minimum absolute atomic E-state index is 0. The third kappa shape index (κ3) is 7.57. The summed E-state index contributed by atoms with van der Waals surface area (Å²) in [6, 6.07) is 33.8. The molecule has 2 aromatic heterocycles. The SMILES string of the molecule is CC(C)(C)c1cc[c-]c(-c2ncc3c4c2Oc2cc(C(C)(C)C)cc5c2B4c2c(cc(C(C)(C)C)cc2O3)O5)c1.CC(C)(C)c1ccc(-c2[c-]cccc2)nc1.[Ir]. The average molecular weight is 931 g/mol. The topological polar surface area (TPSA) is 53.5 Å². The maximum absolute atomic E-state index is 6.83. The first-order valence-corrected chi connectivity index (χ1v) is 19.7. The maximum Gasteiger partial charge on any atom is 0.269 e. The first-order chi connectivity index (χ1) is 26.3. The van der Waals surface area contributed by atoms with Gasteiger partial charge in [-0.1, -0.05) is 95.2 Å². The van der Waals surface area contributed by atoms with Crippen LogP contribution in [0.15, 0.2) is 91.3 Å². The van der Waals surface area contributed by atoms with Crippen molar-refractivity contribution in [3.8, 4) is 57.0 Å². The molecular weight excluding hydrogens is 880 g/mol. The van der Waals surface area contributed by atoms with Crippen molar-refractivity contribution in [1.29, 1.82) is 0 Å². The Kier molecular flexibility index (Phi) is 10.1. The van der Waals surface area contributed by atoms with Crippen LogP contribution in [0, 0.1) is 12.1 Å². The molecule has 5 heterocycles. The van der Waals surface area contributed by atoms with E-state index >= 15 is 0 Å². The van der Waals surface area contributed by atoms with Crippen LogP contribution in [-0.2, 0) is 41.8 Å². The molecule has 0 spiro atoms. The number of benzene rings is 4. The van der Waals surface area contributed by atoms with E-state index in [1.165, 1.54) is 22.3 Å². The first kappa shape index (κ1) is 40.5. The van der Waals surface area contributed by atoms with Gasteiger partial charge in [0.1, 0.15) is 34.5 Å². The molecule has 7 heteroatoms. The number of hydrogen-bond acceptors (Lipinski definition) is 5. The molecule has 0 unspecified atom stereocenters. The third-order valence-corrected chi connectivity index (χ3v) is 11.0. The van der Waals surface area contributed by atoms with Gasteiger partial charge in [0.05, 0.1) is 6.20 Å². The fraction of sp³-hybridized carbons (Fsp3) is 0.320. The van der Waals surface area contributed by atoms with Crippen molar-refractivity contribution in [3.63, 3.8) is 0 Å². The standard InChI is InChI=1S/C35H35BNO3.C15H16N.Ir/c1-33(2,3)20-12-10-11-19(13-20)31-32-30-27(18-37-31)39-25-16-21(34(4,5)6)14-23-28(25)36(30)29-24(38-23)15-22(35(7,8)9)17-26(29)40-32;1-15(2,3)13-9-10-14(16-11-13)12-7-5-4-6-8-12;/h10,12-18H,1-9H3;4-7,9-11H,1-3H3;/q2*-1;. The summed E-state index contributed by atoms with van der Waals surface area (Å²) in [5.41, 5.74) is 11.7. The fourth-order valence-corrected chi connectivity index (χ4v) is 7.51. The summed E-state index contributed by atoms with van der Waals surface area (Å²) in [5.74, 6) is 4.85. The zero-order valence-electron chi connectivity index (χ0n) is 35.2. The van der Waals surface area contributed by atoms with Crippen molar-refractivity contribution < 1.29 is 34.3 Å². The molecule has 0 N–H and O–H groups in total. The van der Waals surface area contributed by atoms with Gasteiger partial charge in [-0.2, -0.15) is 0 Å². The van der Waals surface area contributed by atoms with Crippen LogP contribution >= 0.6 is 0 Å². The van der Waals surface area contributed by atoms with Crippen LogP contribution in [0.1, 0.15) is 105 Å². The zero-order chi connectivity index (χ0) is 39.9. The van der Waals surface area contributed by atoms with E-state index < -0.39 is 0 Å². The number of hydrogen-bond donors (Lipinski definition) is 0. The second-order valence-corrected chi connectivity index (χ2v) is 19.4. The summed E-state index contributed by atoms with van der Waals surface area (Å²) in [6.07, 6.45) is 3.81. The van der Waals surface area contributed by atoms with Crippen LogP contribution in [0.5, 0.6) is 34.5 Å². The van der Waals surface area contributed by atoms with Gasteiger partial charge in [0.15, 0.2) is 0 Å². The van der Waals surface area contributed by atoms with Crippen molar-refractivity contribution in [2.24, 2.45) is 0 Å². The monoisotopic (exact) mass is 931 g/mol. The summed E-state index contributed by atoms with van der Waals surface area (Å²) >= 11 is 0. The van der Waals surface area contributed by atoms with Crippen molar-refractivity contribution >= 4 is 23.1 Å². The quantitative estimate of drug-likeness (QED) is 0.128. The molecule has 0 aliphatic carbocycles. The summed E-state index contributed by atoms with van der Waals surface area (Å²) in [6.45, 7) is 26.5. The summed E-state index contributed by atoms with van der Waals surface area (Å²) in [5, 5.41) is 0. The van der Waals surface area contributed by atoms with Crippen LogP contribution in [0.25, 0.3) is 22.5 Å². The Bertz CT molecular complexity index is 2470. The van der Waals surface area contributed by atoms with Crippen LogP contribution in [0.4, 0.5) is 0 Å². The smallest absolute Gasteiger partial charge is 0.269 e. The van der Waals surface area contributed by atoms with Gasteiger partial charge in [-0.15, -0.1) is 71.3 Å². The van der Waals surface area contributed by atoms with Crippen molar-refractivity contribution in [2.45, 2.75) is 105 Å². The molecular formula is C50H51BIrN2O3-2. The van der Waals surface area contributed by atoms with Gasteiger partial charge in [0.2, 0.25) is 0 Å². The average Bonchev–Trinajstić information content (AvgIpc) is 3.14. The number of aromatic nitrogens is 2. The number of ether oxygens (including phenoxy) is 3. The fourth-order valence-electron chi connectivity index (χ4n) is 7.51. The van der Waals surface area contributed by atoms with E-state index in [9.17, 15) is 0 Å². The van der Waals surface area contributed by atoms with Gasteiger partial charge in [-0.05, 0) is 68.3 Å². The Labute approximate surface area is 353 Å². The summed E-state index contributed by atoms with van der Waals surface area (Å²) in [7, 11) is 0. The molecule has 4 aromatic carbocycles. The van der Waals surface area contributed by atoms with Crippen LogP contribution in [0.3, 0.4) is 0 Å². The van der Waals surface area contributed by atoms with Gasteiger partial charge >= 0.3 is 0 Å². The van der Waals surface area contributed by atoms with E-state index in [1.54, 1.807) is 0 Å². The molecule has 0 atom stereocenters.